The first-order valence-electron chi connectivity index (χ1n) is 5.51. The largest absolute Gasteiger partial charge is 0.480 e. The van der Waals surface area contributed by atoms with E-state index in [9.17, 15) is 0 Å². The lowest BCUT2D eigenvalue weighted by Gasteiger charge is -2.14. The number of nitrogens with one attached hydrogen (secondary N) is 1. The molecule has 0 saturated carbocycles. The van der Waals surface area contributed by atoms with E-state index >= 15 is 0 Å². The van der Waals surface area contributed by atoms with E-state index in [1.54, 1.807) is 18.4 Å². The Bertz CT molecular complexity index is 500. The topological polar surface area (TPSA) is 47.0 Å². The van der Waals surface area contributed by atoms with Crippen LogP contribution in [0.5, 0.6) is 5.88 Å². The molecule has 1 unspecified atom stereocenters. The molecule has 0 radical (unpaired) electrons. The zero-order valence-corrected chi connectivity index (χ0v) is 12.6. The van der Waals surface area contributed by atoms with Crippen LogP contribution in [0.1, 0.15) is 16.6 Å². The van der Waals surface area contributed by atoms with Gasteiger partial charge in [-0.2, -0.15) is 5.10 Å². The molecule has 2 aromatic rings. The fourth-order valence-electron chi connectivity index (χ4n) is 1.64. The molecule has 4 nitrogen and oxygen atoms in total. The van der Waals surface area contributed by atoms with E-state index < -0.39 is 0 Å². The second-order valence-electron chi connectivity index (χ2n) is 3.74. The van der Waals surface area contributed by atoms with E-state index in [0.29, 0.717) is 5.88 Å². The molecule has 0 amide bonds. The Labute approximate surface area is 119 Å². The first kappa shape index (κ1) is 13.5. The van der Waals surface area contributed by atoms with E-state index in [-0.39, 0.29) is 6.04 Å². The first-order chi connectivity index (χ1) is 8.74. The minimum atomic E-state index is 0.151. The average Bonchev–Trinajstić information content (AvgIpc) is 2.81. The third kappa shape index (κ3) is 3.07. The van der Waals surface area contributed by atoms with Crippen LogP contribution in [0.4, 0.5) is 0 Å². The van der Waals surface area contributed by atoms with E-state index in [2.05, 4.69) is 42.9 Å². The number of ether oxygens (including phenoxy) is 1. The number of nitrogens with zero attached hydrogens (tertiary/aromatic N) is 2. The molecule has 96 valence electrons. The number of methoxy groups -OCH3 is 1. The predicted molar refractivity (Wildman–Crippen MR) is 76.1 cm³/mol. The van der Waals surface area contributed by atoms with Gasteiger partial charge in [-0.05, 0) is 40.5 Å². The smallest absolute Gasteiger partial charge is 0.233 e. The summed E-state index contributed by atoms with van der Waals surface area (Å²) in [6.45, 7) is 0. The molecule has 2 aromatic heterocycles. The number of likely N-dealkylation sites (N-methyl/N-ethyl adjacent to an activating group) is 1. The lowest BCUT2D eigenvalue weighted by molar-refractivity contribution is 0.389. The summed E-state index contributed by atoms with van der Waals surface area (Å²) in [5, 5.41) is 13.5. The number of hydrogen-bond donors (Lipinski definition) is 1. The molecule has 0 saturated heterocycles. The van der Waals surface area contributed by atoms with Gasteiger partial charge in [-0.15, -0.1) is 16.4 Å². The molecule has 2 heterocycles. The van der Waals surface area contributed by atoms with Gasteiger partial charge in [-0.25, -0.2) is 0 Å². The fraction of sp³-hybridized carbons (Fsp3) is 0.333. The Morgan fingerprint density at radius 1 is 1.39 bits per heavy atom. The van der Waals surface area contributed by atoms with Crippen molar-refractivity contribution in [3.8, 4) is 5.88 Å². The molecule has 0 fully saturated rings. The molecule has 0 aliphatic rings. The Morgan fingerprint density at radius 3 is 2.72 bits per heavy atom. The van der Waals surface area contributed by atoms with Crippen LogP contribution in [-0.4, -0.2) is 24.4 Å². The van der Waals surface area contributed by atoms with Gasteiger partial charge in [0.05, 0.1) is 18.8 Å². The standard InChI is InChI=1S/C12H14BrN3OS/c1-14-10(7-11-8(13)5-6-18-11)9-3-4-12(17-2)16-15-9/h3-6,10,14H,7H2,1-2H3. The summed E-state index contributed by atoms with van der Waals surface area (Å²) in [4.78, 5) is 1.30. The molecule has 2 rings (SSSR count). The number of halogens is 1. The molecule has 6 heteroatoms. The second-order valence-corrected chi connectivity index (χ2v) is 5.59. The summed E-state index contributed by atoms with van der Waals surface area (Å²) in [5.41, 5.74) is 0.915. The molecule has 0 spiro atoms. The van der Waals surface area contributed by atoms with Crippen molar-refractivity contribution < 1.29 is 4.74 Å². The van der Waals surface area contributed by atoms with Crippen molar-refractivity contribution in [2.45, 2.75) is 12.5 Å². The quantitative estimate of drug-likeness (QED) is 0.917. The van der Waals surface area contributed by atoms with Crippen LogP contribution in [0.15, 0.2) is 28.1 Å². The lowest BCUT2D eigenvalue weighted by atomic mass is 10.1. The molecule has 18 heavy (non-hydrogen) atoms. The predicted octanol–water partition coefficient (Wildman–Crippen LogP) is 2.81. The molecular weight excluding hydrogens is 314 g/mol. The Hall–Kier alpha value is -0.980. The summed E-state index contributed by atoms with van der Waals surface area (Å²) in [5.74, 6) is 0.533. The van der Waals surface area contributed by atoms with Gasteiger partial charge < -0.3 is 10.1 Å². The lowest BCUT2D eigenvalue weighted by Crippen LogP contribution is -2.20. The zero-order chi connectivity index (χ0) is 13.0. The van der Waals surface area contributed by atoms with Crippen molar-refractivity contribution in [2.24, 2.45) is 0 Å². The van der Waals surface area contributed by atoms with Crippen LogP contribution >= 0.6 is 27.3 Å². The van der Waals surface area contributed by atoms with Crippen molar-refractivity contribution in [3.05, 3.63) is 38.6 Å². The van der Waals surface area contributed by atoms with Gasteiger partial charge in [0.1, 0.15) is 0 Å². The second kappa shape index (κ2) is 6.26. The summed E-state index contributed by atoms with van der Waals surface area (Å²) in [7, 11) is 3.51. The Balaban J connectivity index is 2.15. The van der Waals surface area contributed by atoms with Crippen molar-refractivity contribution >= 4 is 27.3 Å². The first-order valence-corrected chi connectivity index (χ1v) is 7.18. The maximum absolute atomic E-state index is 5.01. The van der Waals surface area contributed by atoms with Gasteiger partial charge in [-0.3, -0.25) is 0 Å². The Kier molecular flexibility index (Phi) is 4.68. The van der Waals surface area contributed by atoms with Gasteiger partial charge >= 0.3 is 0 Å². The normalized spacial score (nSPS) is 12.4. The van der Waals surface area contributed by atoms with Gasteiger partial charge in [0.2, 0.25) is 5.88 Å². The minimum absolute atomic E-state index is 0.151. The SMILES string of the molecule is CNC(Cc1sccc1Br)c1ccc(OC)nn1. The molecule has 1 atom stereocenters. The van der Waals surface area contributed by atoms with Gasteiger partial charge in [-0.1, -0.05) is 0 Å². The van der Waals surface area contributed by atoms with E-state index in [1.807, 2.05) is 19.2 Å². The van der Waals surface area contributed by atoms with Gasteiger partial charge in [0.25, 0.3) is 0 Å². The number of thiophene rings is 1. The van der Waals surface area contributed by atoms with Gasteiger partial charge in [0.15, 0.2) is 0 Å². The maximum atomic E-state index is 5.01. The van der Waals surface area contributed by atoms with E-state index in [0.717, 1.165) is 16.6 Å². The van der Waals surface area contributed by atoms with Crippen molar-refractivity contribution in [1.82, 2.24) is 15.5 Å². The molecule has 0 aliphatic heterocycles. The van der Waals surface area contributed by atoms with Crippen LogP contribution in [0.2, 0.25) is 0 Å². The van der Waals surface area contributed by atoms with Crippen LogP contribution in [0.3, 0.4) is 0 Å². The number of rotatable bonds is 5. The monoisotopic (exact) mass is 327 g/mol. The van der Waals surface area contributed by atoms with Crippen LogP contribution in [0, 0.1) is 0 Å². The minimum Gasteiger partial charge on any atom is -0.480 e. The van der Waals surface area contributed by atoms with Crippen molar-refractivity contribution in [2.75, 3.05) is 14.2 Å². The highest BCUT2D eigenvalue weighted by Gasteiger charge is 2.14. The third-order valence-electron chi connectivity index (χ3n) is 2.66. The van der Waals surface area contributed by atoms with E-state index in [1.165, 1.54) is 4.88 Å². The highest BCUT2D eigenvalue weighted by Crippen LogP contribution is 2.27. The summed E-state index contributed by atoms with van der Waals surface area (Å²) >= 11 is 5.28. The molecule has 0 aromatic carbocycles. The Morgan fingerprint density at radius 2 is 2.22 bits per heavy atom. The molecule has 0 bridgehead atoms. The summed E-state index contributed by atoms with van der Waals surface area (Å²) in [6, 6.07) is 5.98. The fourth-order valence-corrected chi connectivity index (χ4v) is 3.20. The van der Waals surface area contributed by atoms with Gasteiger partial charge in [0, 0.05) is 21.8 Å². The highest BCUT2D eigenvalue weighted by atomic mass is 79.9. The number of hydrogen-bond acceptors (Lipinski definition) is 5. The molecule has 1 N–H and O–H groups in total. The third-order valence-corrected chi connectivity index (χ3v) is 4.60. The summed E-state index contributed by atoms with van der Waals surface area (Å²) < 4.78 is 6.16. The number of aromatic nitrogens is 2. The van der Waals surface area contributed by atoms with Crippen molar-refractivity contribution in [3.63, 3.8) is 0 Å². The van der Waals surface area contributed by atoms with Crippen LogP contribution in [-0.2, 0) is 6.42 Å². The summed E-state index contributed by atoms with van der Waals surface area (Å²) in [6.07, 6.45) is 0.885. The molecule has 0 aliphatic carbocycles. The maximum Gasteiger partial charge on any atom is 0.233 e. The van der Waals surface area contributed by atoms with Crippen molar-refractivity contribution in [1.29, 1.82) is 0 Å². The zero-order valence-electron chi connectivity index (χ0n) is 10.2. The molecular formula is C12H14BrN3OS. The van der Waals surface area contributed by atoms with Crippen LogP contribution in [0.25, 0.3) is 0 Å². The highest BCUT2D eigenvalue weighted by molar-refractivity contribution is 9.10. The average molecular weight is 328 g/mol. The van der Waals surface area contributed by atoms with E-state index in [4.69, 9.17) is 4.74 Å². The van der Waals surface area contributed by atoms with Crippen LogP contribution < -0.4 is 10.1 Å².